The maximum atomic E-state index is 10.7. The predicted molar refractivity (Wildman–Crippen MR) is 57.3 cm³/mol. The second-order valence-electron chi connectivity index (χ2n) is 4.13. The molecule has 0 aromatic heterocycles. The van der Waals surface area contributed by atoms with Crippen molar-refractivity contribution in [1.29, 1.82) is 0 Å². The molecule has 0 amide bonds. The van der Waals surface area contributed by atoms with Crippen LogP contribution in [-0.4, -0.2) is 41.7 Å². The van der Waals surface area contributed by atoms with Crippen LogP contribution >= 0.6 is 0 Å². The third-order valence-corrected chi connectivity index (χ3v) is 2.39. The molecule has 0 aromatic rings. The minimum atomic E-state index is -1.10. The van der Waals surface area contributed by atoms with Crippen molar-refractivity contribution in [2.24, 2.45) is 5.73 Å². The van der Waals surface area contributed by atoms with E-state index in [4.69, 9.17) is 10.8 Å². The lowest BCUT2D eigenvalue weighted by Gasteiger charge is -2.23. The Labute approximate surface area is 86.1 Å². The Morgan fingerprint density at radius 1 is 1.50 bits per heavy atom. The molecule has 1 unspecified atom stereocenters. The Morgan fingerprint density at radius 2 is 2.07 bits per heavy atom. The molecule has 0 aliphatic carbocycles. The van der Waals surface area contributed by atoms with Gasteiger partial charge in [-0.15, -0.1) is 0 Å². The number of unbranched alkanes of at least 4 members (excludes halogenated alkanes) is 1. The molecule has 14 heavy (non-hydrogen) atoms. The van der Waals surface area contributed by atoms with Crippen molar-refractivity contribution < 1.29 is 9.90 Å². The van der Waals surface area contributed by atoms with Gasteiger partial charge < -0.3 is 15.7 Å². The summed E-state index contributed by atoms with van der Waals surface area (Å²) in [5, 5.41) is 8.79. The molecule has 0 heterocycles. The maximum absolute atomic E-state index is 10.7. The molecular formula is C10H22N2O2. The van der Waals surface area contributed by atoms with Crippen molar-refractivity contribution in [3.63, 3.8) is 0 Å². The van der Waals surface area contributed by atoms with E-state index in [0.29, 0.717) is 6.42 Å². The minimum Gasteiger partial charge on any atom is -0.480 e. The molecule has 0 rings (SSSR count). The molecule has 0 saturated heterocycles. The summed E-state index contributed by atoms with van der Waals surface area (Å²) >= 11 is 0. The van der Waals surface area contributed by atoms with Gasteiger partial charge in [0.2, 0.25) is 0 Å². The number of rotatable bonds is 7. The van der Waals surface area contributed by atoms with Crippen molar-refractivity contribution in [2.45, 2.75) is 38.6 Å². The molecule has 0 aliphatic heterocycles. The fourth-order valence-corrected chi connectivity index (χ4v) is 1.07. The van der Waals surface area contributed by atoms with Crippen LogP contribution in [0.2, 0.25) is 0 Å². The third-order valence-electron chi connectivity index (χ3n) is 2.39. The lowest BCUT2D eigenvalue weighted by atomic mass is 9.99. The SMILES string of the molecule is CCCCN(C)CCC(C)(N)C(=O)O. The summed E-state index contributed by atoms with van der Waals surface area (Å²) in [5.41, 5.74) is 4.51. The molecule has 4 heteroatoms. The van der Waals surface area contributed by atoms with E-state index in [1.54, 1.807) is 6.92 Å². The summed E-state index contributed by atoms with van der Waals surface area (Å²) in [6.07, 6.45) is 2.79. The molecule has 0 saturated carbocycles. The number of carboxylic acids is 1. The fraction of sp³-hybridized carbons (Fsp3) is 0.900. The average molecular weight is 202 g/mol. The molecule has 84 valence electrons. The van der Waals surface area contributed by atoms with E-state index >= 15 is 0 Å². The third kappa shape index (κ3) is 5.19. The maximum Gasteiger partial charge on any atom is 0.323 e. The van der Waals surface area contributed by atoms with E-state index < -0.39 is 11.5 Å². The molecule has 1 atom stereocenters. The van der Waals surface area contributed by atoms with E-state index in [9.17, 15) is 4.79 Å². The van der Waals surface area contributed by atoms with Gasteiger partial charge in [0.05, 0.1) is 0 Å². The number of nitrogens with zero attached hydrogens (tertiary/aromatic N) is 1. The van der Waals surface area contributed by atoms with E-state index in [-0.39, 0.29) is 0 Å². The van der Waals surface area contributed by atoms with Crippen LogP contribution in [0, 0.1) is 0 Å². The highest BCUT2D eigenvalue weighted by atomic mass is 16.4. The smallest absolute Gasteiger partial charge is 0.323 e. The molecule has 4 nitrogen and oxygen atoms in total. The van der Waals surface area contributed by atoms with Crippen LogP contribution in [0.15, 0.2) is 0 Å². The second-order valence-corrected chi connectivity index (χ2v) is 4.13. The Balaban J connectivity index is 3.75. The van der Waals surface area contributed by atoms with Crippen molar-refractivity contribution in [2.75, 3.05) is 20.1 Å². The number of hydrogen-bond acceptors (Lipinski definition) is 3. The molecule has 0 aliphatic rings. The molecular weight excluding hydrogens is 180 g/mol. The molecule has 0 bridgehead atoms. The Hall–Kier alpha value is -0.610. The monoisotopic (exact) mass is 202 g/mol. The Bertz CT molecular complexity index is 181. The van der Waals surface area contributed by atoms with E-state index in [1.807, 2.05) is 7.05 Å². The van der Waals surface area contributed by atoms with Crippen molar-refractivity contribution in [3.05, 3.63) is 0 Å². The van der Waals surface area contributed by atoms with Gasteiger partial charge >= 0.3 is 5.97 Å². The molecule has 0 radical (unpaired) electrons. The number of carbonyl (C=O) groups is 1. The number of nitrogens with two attached hydrogens (primary N) is 1. The predicted octanol–water partition coefficient (Wildman–Crippen LogP) is 0.910. The lowest BCUT2D eigenvalue weighted by Crippen LogP contribution is -2.47. The van der Waals surface area contributed by atoms with Crippen LogP contribution in [-0.2, 0) is 4.79 Å². The first-order valence-electron chi connectivity index (χ1n) is 5.11. The highest BCUT2D eigenvalue weighted by Crippen LogP contribution is 2.06. The normalized spacial score (nSPS) is 15.5. The van der Waals surface area contributed by atoms with Gasteiger partial charge in [-0.25, -0.2) is 0 Å². The van der Waals surface area contributed by atoms with Gasteiger partial charge in [0, 0.05) is 6.54 Å². The summed E-state index contributed by atoms with van der Waals surface area (Å²) in [7, 11) is 1.99. The van der Waals surface area contributed by atoms with E-state index in [1.165, 1.54) is 0 Å². The number of aliphatic carboxylic acids is 1. The van der Waals surface area contributed by atoms with Gasteiger partial charge in [-0.1, -0.05) is 13.3 Å². The first-order chi connectivity index (χ1) is 6.40. The van der Waals surface area contributed by atoms with E-state index in [2.05, 4.69) is 11.8 Å². The zero-order valence-electron chi connectivity index (χ0n) is 9.42. The highest BCUT2D eigenvalue weighted by Gasteiger charge is 2.27. The summed E-state index contributed by atoms with van der Waals surface area (Å²) < 4.78 is 0. The lowest BCUT2D eigenvalue weighted by molar-refractivity contribution is -0.143. The molecule has 3 N–H and O–H groups in total. The zero-order chi connectivity index (χ0) is 11.2. The van der Waals surface area contributed by atoms with Crippen molar-refractivity contribution in [3.8, 4) is 0 Å². The summed E-state index contributed by atoms with van der Waals surface area (Å²) in [6, 6.07) is 0. The number of carboxylic acid groups (broad SMARTS) is 1. The van der Waals surface area contributed by atoms with Gasteiger partial charge in [0.15, 0.2) is 0 Å². The quantitative estimate of drug-likeness (QED) is 0.644. The van der Waals surface area contributed by atoms with Gasteiger partial charge in [0.1, 0.15) is 5.54 Å². The van der Waals surface area contributed by atoms with Crippen LogP contribution < -0.4 is 5.73 Å². The van der Waals surface area contributed by atoms with Crippen molar-refractivity contribution >= 4 is 5.97 Å². The summed E-state index contributed by atoms with van der Waals surface area (Å²) in [4.78, 5) is 12.8. The largest absolute Gasteiger partial charge is 0.480 e. The zero-order valence-corrected chi connectivity index (χ0v) is 9.42. The first-order valence-corrected chi connectivity index (χ1v) is 5.11. The Kier molecular flexibility index (Phi) is 5.72. The van der Waals surface area contributed by atoms with Gasteiger partial charge in [0.25, 0.3) is 0 Å². The van der Waals surface area contributed by atoms with Crippen LogP contribution in [0.1, 0.15) is 33.1 Å². The van der Waals surface area contributed by atoms with Gasteiger partial charge in [-0.05, 0) is 33.4 Å². The highest BCUT2D eigenvalue weighted by molar-refractivity contribution is 5.77. The molecule has 0 aromatic carbocycles. The van der Waals surface area contributed by atoms with Crippen molar-refractivity contribution in [1.82, 2.24) is 4.90 Å². The van der Waals surface area contributed by atoms with Gasteiger partial charge in [-0.2, -0.15) is 0 Å². The van der Waals surface area contributed by atoms with Gasteiger partial charge in [-0.3, -0.25) is 4.79 Å². The second kappa shape index (κ2) is 5.98. The van der Waals surface area contributed by atoms with Crippen LogP contribution in [0.4, 0.5) is 0 Å². The summed E-state index contributed by atoms with van der Waals surface area (Å²) in [6.45, 7) is 5.44. The van der Waals surface area contributed by atoms with Crippen LogP contribution in [0.25, 0.3) is 0 Å². The standard InChI is InChI=1S/C10H22N2O2/c1-4-5-7-12(3)8-6-10(2,11)9(13)14/h4-8,11H2,1-3H3,(H,13,14). The first kappa shape index (κ1) is 13.4. The molecule has 0 spiro atoms. The van der Waals surface area contributed by atoms with E-state index in [0.717, 1.165) is 25.9 Å². The molecule has 0 fully saturated rings. The average Bonchev–Trinajstić information content (AvgIpc) is 2.11. The van der Waals surface area contributed by atoms with Crippen LogP contribution in [0.3, 0.4) is 0 Å². The Morgan fingerprint density at radius 3 is 2.50 bits per heavy atom. The summed E-state index contributed by atoms with van der Waals surface area (Å²) in [5.74, 6) is -0.929. The van der Waals surface area contributed by atoms with Crippen LogP contribution in [0.5, 0.6) is 0 Å². The minimum absolute atomic E-state index is 0.489. The number of hydrogen-bond donors (Lipinski definition) is 2. The topological polar surface area (TPSA) is 66.6 Å². The fourth-order valence-electron chi connectivity index (χ4n) is 1.07.